The Morgan fingerprint density at radius 2 is 2.05 bits per heavy atom. The van der Waals surface area contributed by atoms with Crippen molar-refractivity contribution in [3.8, 4) is 17.4 Å². The van der Waals surface area contributed by atoms with E-state index >= 15 is 0 Å². The first-order valence-corrected chi connectivity index (χ1v) is 12.1. The zero-order chi connectivity index (χ0) is 24.8. The number of anilines is 1. The molecule has 186 valence electrons. The number of nitrogens with one attached hydrogen (secondary N) is 1. The van der Waals surface area contributed by atoms with Gasteiger partial charge in [0.2, 0.25) is 0 Å². The maximum absolute atomic E-state index is 14.2. The van der Waals surface area contributed by atoms with Crippen LogP contribution in [-0.2, 0) is 16.0 Å². The van der Waals surface area contributed by atoms with E-state index in [1.54, 1.807) is 6.07 Å². The van der Waals surface area contributed by atoms with Crippen molar-refractivity contribution in [1.82, 2.24) is 9.55 Å². The molecule has 6 rings (SSSR count). The molecule has 37 heavy (non-hydrogen) atoms. The SMILES string of the molecule is CCOc1nc2ccc(F)cc2n1-c1cccc2c1CCC2Nc1ccc2c(c1)OC[C@H]2OC(C)=O.[NaH]. The van der Waals surface area contributed by atoms with Gasteiger partial charge >= 0.3 is 41.5 Å². The number of ether oxygens (including phenoxy) is 3. The topological polar surface area (TPSA) is 74.6 Å². The standard InChI is InChI=1S/C28H26FN3O4.Na.H/c1-3-34-28-31-23-11-7-17(29)13-25(23)32(28)24-6-4-5-19-20(24)10-12-22(19)30-18-8-9-21-26(14-18)35-15-27(21)36-16(2)33;;/h4-9,11,13-14,22,27,30H,3,10,12,15H2,1-2H3;;/t22?,27-;;/m1../s1. The van der Waals surface area contributed by atoms with Gasteiger partial charge in [0.1, 0.15) is 18.2 Å². The monoisotopic (exact) mass is 511 g/mol. The fourth-order valence-electron chi connectivity index (χ4n) is 5.25. The Bertz CT molecular complexity index is 1490. The molecule has 0 saturated heterocycles. The van der Waals surface area contributed by atoms with E-state index in [9.17, 15) is 9.18 Å². The zero-order valence-electron chi connectivity index (χ0n) is 20.1. The van der Waals surface area contributed by atoms with Crippen molar-refractivity contribution in [1.29, 1.82) is 0 Å². The predicted octanol–water partition coefficient (Wildman–Crippen LogP) is 5.01. The van der Waals surface area contributed by atoms with E-state index in [0.717, 1.165) is 35.5 Å². The van der Waals surface area contributed by atoms with Crippen LogP contribution >= 0.6 is 0 Å². The number of hydrogen-bond acceptors (Lipinski definition) is 6. The molecule has 0 saturated carbocycles. The molecule has 9 heteroatoms. The van der Waals surface area contributed by atoms with Crippen LogP contribution in [0, 0.1) is 5.82 Å². The average Bonchev–Trinajstić information content (AvgIpc) is 3.54. The van der Waals surface area contributed by atoms with Gasteiger partial charge in [-0.25, -0.2) is 4.39 Å². The van der Waals surface area contributed by atoms with Gasteiger partial charge in [-0.3, -0.25) is 9.36 Å². The number of hydrogen-bond donors (Lipinski definition) is 1. The van der Waals surface area contributed by atoms with Crippen molar-refractivity contribution in [3.05, 3.63) is 77.1 Å². The van der Waals surface area contributed by atoms with Crippen LogP contribution in [0.5, 0.6) is 11.8 Å². The summed E-state index contributed by atoms with van der Waals surface area (Å²) in [5.41, 5.74) is 6.52. The third-order valence-electron chi connectivity index (χ3n) is 6.75. The molecule has 3 aromatic carbocycles. The van der Waals surface area contributed by atoms with Gasteiger partial charge in [-0.2, -0.15) is 4.98 Å². The average molecular weight is 512 g/mol. The summed E-state index contributed by atoms with van der Waals surface area (Å²) in [6.45, 7) is 4.11. The summed E-state index contributed by atoms with van der Waals surface area (Å²) in [7, 11) is 0. The van der Waals surface area contributed by atoms with Crippen LogP contribution in [0.1, 0.15) is 49.1 Å². The van der Waals surface area contributed by atoms with E-state index in [1.165, 1.54) is 30.2 Å². The third-order valence-corrected chi connectivity index (χ3v) is 6.75. The number of halogens is 1. The molecule has 1 N–H and O–H groups in total. The number of rotatable bonds is 6. The molecular weight excluding hydrogens is 484 g/mol. The van der Waals surface area contributed by atoms with Gasteiger partial charge in [-0.1, -0.05) is 12.1 Å². The summed E-state index contributed by atoms with van der Waals surface area (Å²) in [5.74, 6) is 0.0954. The van der Waals surface area contributed by atoms with E-state index < -0.39 is 0 Å². The van der Waals surface area contributed by atoms with Gasteiger partial charge in [0.25, 0.3) is 0 Å². The fourth-order valence-corrected chi connectivity index (χ4v) is 5.25. The Kier molecular flexibility index (Phi) is 7.16. The number of carbonyl (C=O) groups is 1. The van der Waals surface area contributed by atoms with Gasteiger partial charge in [-0.15, -0.1) is 0 Å². The first kappa shape index (κ1) is 25.6. The van der Waals surface area contributed by atoms with Crippen molar-refractivity contribution in [2.75, 3.05) is 18.5 Å². The van der Waals surface area contributed by atoms with E-state index in [2.05, 4.69) is 16.4 Å². The Labute approximate surface area is 236 Å². The molecular formula is C28H27FN3NaO4. The van der Waals surface area contributed by atoms with Crippen LogP contribution in [0.2, 0.25) is 0 Å². The van der Waals surface area contributed by atoms with Crippen LogP contribution in [0.15, 0.2) is 54.6 Å². The van der Waals surface area contributed by atoms with Gasteiger partial charge in [-0.05, 0) is 61.2 Å². The molecule has 7 nitrogen and oxygen atoms in total. The molecule has 0 amide bonds. The Morgan fingerprint density at radius 3 is 2.86 bits per heavy atom. The fraction of sp³-hybridized carbons (Fsp3) is 0.286. The second-order valence-corrected chi connectivity index (χ2v) is 9.04. The number of benzene rings is 3. The van der Waals surface area contributed by atoms with Crippen molar-refractivity contribution < 1.29 is 23.4 Å². The van der Waals surface area contributed by atoms with Crippen LogP contribution in [0.3, 0.4) is 0 Å². The Hall–Kier alpha value is -3.07. The number of nitrogens with zero attached hydrogens (tertiary/aromatic N) is 2. The van der Waals surface area contributed by atoms with Crippen LogP contribution < -0.4 is 14.8 Å². The molecule has 0 spiro atoms. The summed E-state index contributed by atoms with van der Waals surface area (Å²) >= 11 is 0. The summed E-state index contributed by atoms with van der Waals surface area (Å²) in [5, 5.41) is 3.64. The van der Waals surface area contributed by atoms with E-state index in [-0.39, 0.29) is 53.5 Å². The minimum atomic E-state index is -0.365. The van der Waals surface area contributed by atoms with E-state index in [0.29, 0.717) is 30.3 Å². The molecule has 2 aliphatic rings. The van der Waals surface area contributed by atoms with E-state index in [1.807, 2.05) is 41.8 Å². The van der Waals surface area contributed by atoms with Gasteiger partial charge in [0.15, 0.2) is 6.10 Å². The molecule has 1 aromatic heterocycles. The number of carbonyl (C=O) groups excluding carboxylic acids is 1. The maximum atomic E-state index is 14.2. The molecule has 2 heterocycles. The molecule has 0 fully saturated rings. The van der Waals surface area contributed by atoms with Crippen molar-refractivity contribution in [2.45, 2.75) is 38.8 Å². The van der Waals surface area contributed by atoms with Gasteiger partial charge in [0, 0.05) is 30.3 Å². The second-order valence-electron chi connectivity index (χ2n) is 9.04. The van der Waals surface area contributed by atoms with Gasteiger partial charge in [0.05, 0.1) is 29.4 Å². The molecule has 1 aliphatic carbocycles. The van der Waals surface area contributed by atoms with Crippen LogP contribution in [0.25, 0.3) is 16.7 Å². The Morgan fingerprint density at radius 1 is 1.19 bits per heavy atom. The second kappa shape index (κ2) is 10.4. The van der Waals surface area contributed by atoms with E-state index in [4.69, 9.17) is 14.2 Å². The molecule has 4 aromatic rings. The van der Waals surface area contributed by atoms with Crippen molar-refractivity contribution in [2.24, 2.45) is 0 Å². The molecule has 1 aliphatic heterocycles. The van der Waals surface area contributed by atoms with Crippen molar-refractivity contribution in [3.63, 3.8) is 0 Å². The summed E-state index contributed by atoms with van der Waals surface area (Å²) in [6.07, 6.45) is 1.40. The van der Waals surface area contributed by atoms with Crippen LogP contribution in [0.4, 0.5) is 10.1 Å². The Balaban J connectivity index is 0.00000280. The normalized spacial score (nSPS) is 17.5. The first-order chi connectivity index (χ1) is 17.5. The summed E-state index contributed by atoms with van der Waals surface area (Å²) < 4.78 is 33.0. The first-order valence-electron chi connectivity index (χ1n) is 12.1. The predicted molar refractivity (Wildman–Crippen MR) is 140 cm³/mol. The number of aromatic nitrogens is 2. The molecule has 1 unspecified atom stereocenters. The van der Waals surface area contributed by atoms with Gasteiger partial charge < -0.3 is 19.5 Å². The van der Waals surface area contributed by atoms with Crippen LogP contribution in [-0.4, -0.2) is 58.3 Å². The molecule has 0 radical (unpaired) electrons. The molecule has 0 bridgehead atoms. The molecule has 2 atom stereocenters. The third kappa shape index (κ3) is 4.69. The van der Waals surface area contributed by atoms with Crippen molar-refractivity contribution >= 4 is 52.2 Å². The minimum absolute atomic E-state index is 0. The zero-order valence-corrected chi connectivity index (χ0v) is 20.1. The number of fused-ring (bicyclic) bond motifs is 3. The summed E-state index contributed by atoms with van der Waals surface area (Å²) in [6, 6.07) is 17.2. The quantitative estimate of drug-likeness (QED) is 0.290. The number of esters is 1. The number of imidazole rings is 1. The summed E-state index contributed by atoms with van der Waals surface area (Å²) in [4.78, 5) is 16.0.